The molecule has 29 heteroatoms. The molecule has 0 spiro atoms. The average Bonchev–Trinajstić information content (AvgIpc) is 1.64. The van der Waals surface area contributed by atoms with E-state index in [2.05, 4.69) is 62.0 Å². The van der Waals surface area contributed by atoms with E-state index < -0.39 is 22.9 Å². The summed E-state index contributed by atoms with van der Waals surface area (Å²) >= 11 is 0. The Morgan fingerprint density at radius 1 is 0.590 bits per heavy atom. The number of phenols is 1. The van der Waals surface area contributed by atoms with E-state index in [0.29, 0.717) is 54.6 Å². The molecule has 2 saturated heterocycles. The van der Waals surface area contributed by atoms with Crippen LogP contribution in [0.5, 0.6) is 5.75 Å². The topological polar surface area (TPSA) is 424 Å². The number of phenolic OH excluding ortho intramolecular Hbond substituents is 1. The highest BCUT2D eigenvalue weighted by Crippen LogP contribution is 2.35. The number of hydrogen-bond acceptors (Lipinski definition) is 25. The number of carbonyl (C=O) groups excluding carboxylic acids is 9. The number of likely N-dealkylation sites (tertiary alicyclic amines) is 2. The fourth-order valence-electron chi connectivity index (χ4n) is 11.0. The summed E-state index contributed by atoms with van der Waals surface area (Å²) < 4.78 is 0. The molecule has 0 bridgehead atoms. The summed E-state index contributed by atoms with van der Waals surface area (Å²) in [6.45, 7) is 16.3. The number of aromatic hydroxyl groups is 1. The summed E-state index contributed by atoms with van der Waals surface area (Å²) in [5.41, 5.74) is 2.24. The van der Waals surface area contributed by atoms with Crippen LogP contribution in [-0.2, 0) is 72.0 Å². The molecule has 4 aliphatic rings. The van der Waals surface area contributed by atoms with Crippen molar-refractivity contribution in [2.45, 2.75) is 219 Å². The highest BCUT2D eigenvalue weighted by Gasteiger charge is 2.45. The van der Waals surface area contributed by atoms with Gasteiger partial charge in [-0.25, -0.2) is 4.98 Å². The highest BCUT2D eigenvalue weighted by atomic mass is 16.6. The minimum absolute atomic E-state index is 0.0197. The zero-order valence-electron chi connectivity index (χ0n) is 62.5. The van der Waals surface area contributed by atoms with Crippen LogP contribution in [0.3, 0.4) is 0 Å². The number of imidazole rings is 1. The number of hydrogen-bond donors (Lipinski definition) is 11. The number of benzene rings is 1. The number of carboxylic acid groups (broad SMARTS) is 2. The molecule has 2 aliphatic heterocycles. The lowest BCUT2D eigenvalue weighted by molar-refractivity contribution is -0.385. The van der Waals surface area contributed by atoms with Crippen molar-refractivity contribution in [2.24, 2.45) is 5.92 Å². The second-order valence-electron chi connectivity index (χ2n) is 25.2. The molecule has 7 rings (SSSR count). The number of nitro benzene ring substituents is 1. The van der Waals surface area contributed by atoms with E-state index in [0.717, 1.165) is 56.5 Å². The average molecular weight is 1410 g/mol. The van der Waals surface area contributed by atoms with Crippen molar-refractivity contribution in [1.29, 1.82) is 0 Å². The van der Waals surface area contributed by atoms with E-state index in [1.165, 1.54) is 65.0 Å². The van der Waals surface area contributed by atoms with Gasteiger partial charge in [-0.05, 0) is 233 Å². The molecule has 9 atom stereocenters. The van der Waals surface area contributed by atoms with Gasteiger partial charge in [-0.2, -0.15) is 0 Å². The summed E-state index contributed by atoms with van der Waals surface area (Å²) in [5, 5.41) is 56.8. The highest BCUT2D eigenvalue weighted by molar-refractivity contribution is 5.89. The monoisotopic (exact) mass is 1410 g/mol. The molecule has 4 heterocycles. The normalized spacial score (nSPS) is 18.4. The van der Waals surface area contributed by atoms with Crippen molar-refractivity contribution in [3.8, 4) is 5.75 Å². The Morgan fingerprint density at radius 2 is 1.06 bits per heavy atom. The van der Waals surface area contributed by atoms with Crippen molar-refractivity contribution in [2.75, 3.05) is 76.5 Å². The predicted octanol–water partition coefficient (Wildman–Crippen LogP) is 4.64. The number of nitrogens with one attached hydrogen (secondary N) is 8. The summed E-state index contributed by atoms with van der Waals surface area (Å²) in [4.78, 5) is 143. The van der Waals surface area contributed by atoms with Gasteiger partial charge in [0.15, 0.2) is 5.75 Å². The zero-order valence-corrected chi connectivity index (χ0v) is 62.5. The summed E-state index contributed by atoms with van der Waals surface area (Å²) in [6, 6.07) is 7.43. The Balaban J connectivity index is 0. The van der Waals surface area contributed by atoms with E-state index in [-0.39, 0.29) is 107 Å². The van der Waals surface area contributed by atoms with Gasteiger partial charge in [-0.3, -0.25) is 77.6 Å². The Labute approximate surface area is 591 Å². The first kappa shape index (κ1) is 94.4. The molecule has 0 radical (unpaired) electrons. The zero-order chi connectivity index (χ0) is 76.8. The Hall–Kier alpha value is -7.61. The Morgan fingerprint density at radius 3 is 1.35 bits per heavy atom. The number of nitro groups is 1. The van der Waals surface area contributed by atoms with Crippen molar-refractivity contribution in [3.63, 3.8) is 0 Å². The molecule has 4 fully saturated rings. The second kappa shape index (κ2) is 52.4. The fourth-order valence-corrected chi connectivity index (χ4v) is 11.0. The second-order valence-corrected chi connectivity index (χ2v) is 25.2. The van der Waals surface area contributed by atoms with Gasteiger partial charge >= 0.3 is 17.6 Å². The van der Waals surface area contributed by atoms with Crippen LogP contribution in [-0.4, -0.2) is 239 Å². The van der Waals surface area contributed by atoms with Gasteiger partial charge in [0.2, 0.25) is 0 Å². The van der Waals surface area contributed by atoms with Gasteiger partial charge in [0.25, 0.3) is 0 Å². The lowest BCUT2D eigenvalue weighted by Crippen LogP contribution is -2.39. The van der Waals surface area contributed by atoms with Crippen LogP contribution < -0.4 is 37.2 Å². The van der Waals surface area contributed by atoms with Gasteiger partial charge < -0.3 is 57.5 Å². The van der Waals surface area contributed by atoms with Crippen LogP contribution in [0, 0.1) is 16.0 Å². The van der Waals surface area contributed by atoms with Crippen molar-refractivity contribution in [1.82, 2.24) is 62.0 Å². The number of likely N-dealkylation sites (N-methyl/N-ethyl adjacent to an activating group) is 8. The molecule has 100 heavy (non-hydrogen) atoms. The number of nitrogens with zero attached hydrogens (tertiary/aromatic N) is 5. The van der Waals surface area contributed by atoms with Crippen molar-refractivity contribution in [3.05, 3.63) is 82.2 Å². The van der Waals surface area contributed by atoms with Gasteiger partial charge in [-0.15, -0.1) is 0 Å². The molecule has 11 N–H and O–H groups in total. The predicted molar refractivity (Wildman–Crippen MR) is 385 cm³/mol. The molecule has 564 valence electrons. The smallest absolute Gasteiger partial charge is 0.310 e. The molecule has 0 unspecified atom stereocenters. The maximum Gasteiger partial charge on any atom is 0.310 e. The van der Waals surface area contributed by atoms with Crippen molar-refractivity contribution >= 4 is 69.7 Å². The number of aromatic nitrogens is 3. The first-order valence-corrected chi connectivity index (χ1v) is 33.9. The lowest BCUT2D eigenvalue weighted by atomic mass is 9.82. The van der Waals surface area contributed by atoms with Gasteiger partial charge in [0.05, 0.1) is 65.5 Å². The summed E-state index contributed by atoms with van der Waals surface area (Å²) in [5.74, 6) is -0.563. The number of carbonyl (C=O) groups is 11. The molecule has 2 aromatic heterocycles. The number of rotatable bonds is 28. The minimum atomic E-state index is -0.963. The molecule has 29 nitrogen and oxygen atoms in total. The Kier molecular flexibility index (Phi) is 49.5. The van der Waals surface area contributed by atoms with Gasteiger partial charge in [0.1, 0.15) is 52.0 Å². The van der Waals surface area contributed by atoms with Crippen LogP contribution in [0.15, 0.2) is 55.2 Å². The third-order valence-electron chi connectivity index (χ3n) is 17.6. The van der Waals surface area contributed by atoms with E-state index in [1.807, 2.05) is 40.3 Å². The third kappa shape index (κ3) is 40.0. The van der Waals surface area contributed by atoms with Crippen LogP contribution in [0.2, 0.25) is 0 Å². The SMILES string of the molecule is CC(=O)[C@@H]1CCCN1C.CC(=O)[C@H]1CCCN1C.CNC1(C(C)=O)CC1.CN[C@@H](CC(=O)O)C(C)=O.CN[C@@H](CCC(=O)O)C(C)=O.CN[C@@H](Cc1ccc(O)c([N+](=O)[O-])c1)C(C)=O.CN[C@@H](Cc1cnc[nH]1)C(C)=O.CN[C@@H]1CCCC[C@@H]1C(C)=O.CN[C@H](Cc1cccnc1)C(C)=O. The molecule has 2 aliphatic carbocycles. The van der Waals surface area contributed by atoms with E-state index in [4.69, 9.17) is 10.2 Å². The van der Waals surface area contributed by atoms with Crippen LogP contribution in [0.25, 0.3) is 0 Å². The largest absolute Gasteiger partial charge is 0.502 e. The molecule has 0 amide bonds. The molecular weight excluding hydrogens is 1290 g/mol. The molecule has 3 aromatic rings. The number of aromatic amines is 1. The summed E-state index contributed by atoms with van der Waals surface area (Å²) in [7, 11) is 16.3. The van der Waals surface area contributed by atoms with Crippen LogP contribution in [0.4, 0.5) is 5.69 Å². The van der Waals surface area contributed by atoms with E-state index in [9.17, 15) is 68.0 Å². The van der Waals surface area contributed by atoms with E-state index in [1.54, 1.807) is 108 Å². The third-order valence-corrected chi connectivity index (χ3v) is 17.6. The number of Topliss-reactive ketones (excluding diaryl/α,β-unsaturated/α-hetero) is 9. The minimum Gasteiger partial charge on any atom is -0.502 e. The number of aliphatic carboxylic acids is 2. The Bertz CT molecular complexity index is 2940. The quantitative estimate of drug-likeness (QED) is 0.0348. The standard InChI is InChI=1S/C11H14N2O4.C10H14N2O.C9H17NO.C8H13N3O.C7H13NO3.2C7H13NO.C6H11NO3.C6H11NO/c1-7(14)9(12-2)5-8-3-4-11(15)10(6-8)13(16)17;1-8(13)10(11-2)6-9-4-3-5-12-7-9;1-7(11)8-5-3-4-6-9(8)10-2;1-6(12)8(9-2)3-7-4-10-5-11-7;1-5(9)6(8-2)3-4-7(10)11;2*1-6(9)7-4-3-5-8(7)2;1-4(8)5(7-2)3-6(9)10;1-5(8)6(7-2)3-4-6/h3-4,6,9,12,15H,5H2,1-2H3;3-5,7,10-11H,6H2,1-2H3;8-10H,3-6H2,1-2H3;4-5,8-9H,3H2,1-2H3,(H,10,11);6,8H,3-4H2,1-2H3,(H,10,11);2*7H,3-5H2,1-2H3;5,7H,3H2,1-2H3,(H,9,10);7H,3-4H2,1-2H3/t9-;10-;8-,9-;8-;6-;2*7-;5-;/m01100100./s1. The number of pyridine rings is 1. The van der Waals surface area contributed by atoms with Gasteiger partial charge in [-0.1, -0.05) is 25.0 Å². The van der Waals surface area contributed by atoms with Crippen LogP contribution >= 0.6 is 0 Å². The maximum absolute atomic E-state index is 11.2. The van der Waals surface area contributed by atoms with Gasteiger partial charge in [0, 0.05) is 55.2 Å². The molecule has 2 saturated carbocycles. The number of H-pyrrole nitrogens is 1. The molecular formula is C71H119N13O16. The maximum atomic E-state index is 11.2. The first-order valence-electron chi connectivity index (χ1n) is 33.9. The number of ketones is 9. The van der Waals surface area contributed by atoms with Crippen LogP contribution in [0.1, 0.15) is 163 Å². The molecule has 1 aromatic carbocycles. The van der Waals surface area contributed by atoms with E-state index >= 15 is 0 Å². The lowest BCUT2D eigenvalue weighted by Gasteiger charge is -2.29. The van der Waals surface area contributed by atoms with Crippen molar-refractivity contribution < 1.29 is 73.0 Å². The fraction of sp³-hybridized carbons (Fsp3) is 0.648. The summed E-state index contributed by atoms with van der Waals surface area (Å²) in [6.07, 6.45) is 20.1. The first-order chi connectivity index (χ1) is 47.0. The number of carboxylic acids is 2.